The number of nitrogens with two attached hydrogens (primary N) is 1. The summed E-state index contributed by atoms with van der Waals surface area (Å²) in [5.41, 5.74) is 10.5. The summed E-state index contributed by atoms with van der Waals surface area (Å²) in [5.74, 6) is -0.523. The smallest absolute Gasteiger partial charge is 0.263 e. The van der Waals surface area contributed by atoms with Crippen LogP contribution in [0.15, 0.2) is 77.8 Å². The number of hydrogen-bond acceptors (Lipinski definition) is 7. The van der Waals surface area contributed by atoms with Crippen molar-refractivity contribution >= 4 is 49.7 Å². The minimum Gasteiger partial charge on any atom is -0.383 e. The Morgan fingerprint density at radius 2 is 1.83 bits per heavy atom. The lowest BCUT2D eigenvalue weighted by molar-refractivity contribution is 0.0211. The summed E-state index contributed by atoms with van der Waals surface area (Å²) in [6.45, 7) is 3.87. The van der Waals surface area contributed by atoms with Gasteiger partial charge < -0.3 is 15.8 Å². The average molecular weight is 593 g/mol. The second-order valence-corrected chi connectivity index (χ2v) is 11.7. The molecule has 1 saturated heterocycles. The van der Waals surface area contributed by atoms with E-state index in [9.17, 15) is 8.42 Å². The zero-order valence-corrected chi connectivity index (χ0v) is 23.5. The number of ether oxygens (including phenoxy) is 1. The van der Waals surface area contributed by atoms with E-state index in [0.717, 1.165) is 22.3 Å². The Hall–Kier alpha value is -4.19. The molecule has 0 saturated carbocycles. The molecule has 1 aliphatic rings. The minimum absolute atomic E-state index is 0.0336. The first kappa shape index (κ1) is 27.0. The normalized spacial score (nSPS) is 13.7. The first-order valence-corrected chi connectivity index (χ1v) is 14.8. The molecule has 3 aromatic carbocycles. The predicted octanol–water partition coefficient (Wildman–Crippen LogP) is 5.77. The van der Waals surface area contributed by atoms with E-state index in [2.05, 4.69) is 15.0 Å². The maximum absolute atomic E-state index is 15.3. The number of rotatable bonds is 8. The third-order valence-corrected chi connectivity index (χ3v) is 8.78. The van der Waals surface area contributed by atoms with Crippen molar-refractivity contribution in [1.82, 2.24) is 14.8 Å². The van der Waals surface area contributed by atoms with Crippen LogP contribution in [0.3, 0.4) is 0 Å². The molecule has 0 amide bonds. The second kappa shape index (κ2) is 10.7. The standard InChI is InChI=1S/C29H26ClFN6O3S/c1-2-37-28-21(17-7-10-19(11-8-17)34-20-15-40-16-20)14-33-29(32)26(28)27(35-37)18-9-12-24(23(31)13-18)36-41(38,39)25-6-4-3-5-22(25)30/h3-14,20,34,36H,2,15-16H2,1H3,(H2,32,33). The highest BCUT2D eigenvalue weighted by Crippen LogP contribution is 2.38. The molecule has 9 nitrogen and oxygen atoms in total. The lowest BCUT2D eigenvalue weighted by Gasteiger charge is -2.27. The number of halogens is 2. The molecule has 6 rings (SSSR count). The van der Waals surface area contributed by atoms with E-state index in [-0.39, 0.29) is 21.4 Å². The monoisotopic (exact) mass is 592 g/mol. The van der Waals surface area contributed by atoms with Gasteiger partial charge in [-0.3, -0.25) is 9.40 Å². The van der Waals surface area contributed by atoms with E-state index in [1.807, 2.05) is 35.9 Å². The number of benzene rings is 3. The van der Waals surface area contributed by atoms with Gasteiger partial charge in [0.1, 0.15) is 22.2 Å². The molecule has 1 fully saturated rings. The first-order valence-electron chi connectivity index (χ1n) is 12.9. The van der Waals surface area contributed by atoms with Crippen LogP contribution >= 0.6 is 11.6 Å². The van der Waals surface area contributed by atoms with Gasteiger partial charge in [0.2, 0.25) is 0 Å². The van der Waals surface area contributed by atoms with Crippen molar-refractivity contribution in [3.63, 3.8) is 0 Å². The van der Waals surface area contributed by atoms with E-state index >= 15 is 4.39 Å². The van der Waals surface area contributed by atoms with Gasteiger partial charge in [-0.1, -0.05) is 41.9 Å². The molecule has 2 aromatic heterocycles. The summed E-state index contributed by atoms with van der Waals surface area (Å²) < 4.78 is 50.3. The summed E-state index contributed by atoms with van der Waals surface area (Å²) in [6.07, 6.45) is 1.71. The number of nitrogens with one attached hydrogen (secondary N) is 2. The van der Waals surface area contributed by atoms with Crippen molar-refractivity contribution in [3.05, 3.63) is 83.8 Å². The number of fused-ring (bicyclic) bond motifs is 1. The van der Waals surface area contributed by atoms with Crippen molar-refractivity contribution in [3.8, 4) is 22.4 Å². The van der Waals surface area contributed by atoms with Crippen LogP contribution in [0.2, 0.25) is 5.02 Å². The third-order valence-electron chi connectivity index (χ3n) is 6.91. The SMILES string of the molecule is CCn1nc(-c2ccc(NS(=O)(=O)c3ccccc3Cl)c(F)c2)c2c(N)ncc(-c3ccc(NC4COC4)cc3)c21. The molecule has 5 aromatic rings. The quantitative estimate of drug-likeness (QED) is 0.209. The number of aromatic nitrogens is 3. The van der Waals surface area contributed by atoms with Crippen LogP contribution in [-0.2, 0) is 21.3 Å². The molecule has 0 bridgehead atoms. The summed E-state index contributed by atoms with van der Waals surface area (Å²) in [4.78, 5) is 4.29. The Labute approximate surface area is 241 Å². The van der Waals surface area contributed by atoms with Crippen molar-refractivity contribution < 1.29 is 17.5 Å². The predicted molar refractivity (Wildman–Crippen MR) is 159 cm³/mol. The van der Waals surface area contributed by atoms with E-state index in [1.165, 1.54) is 30.3 Å². The average Bonchev–Trinajstić information content (AvgIpc) is 3.33. The van der Waals surface area contributed by atoms with E-state index < -0.39 is 15.8 Å². The zero-order valence-electron chi connectivity index (χ0n) is 21.9. The van der Waals surface area contributed by atoms with Gasteiger partial charge in [0.05, 0.1) is 40.9 Å². The largest absolute Gasteiger partial charge is 0.383 e. The molecule has 0 spiro atoms. The summed E-state index contributed by atoms with van der Waals surface area (Å²) in [6, 6.07) is 18.4. The zero-order chi connectivity index (χ0) is 28.7. The number of sulfonamides is 1. The van der Waals surface area contributed by atoms with Crippen LogP contribution in [0.5, 0.6) is 0 Å². The highest BCUT2D eigenvalue weighted by molar-refractivity contribution is 7.92. The molecule has 210 valence electrons. The molecular formula is C29H26ClFN6O3S. The molecule has 3 heterocycles. The summed E-state index contributed by atoms with van der Waals surface area (Å²) >= 11 is 6.05. The number of aryl methyl sites for hydroxylation is 1. The second-order valence-electron chi connectivity index (χ2n) is 9.63. The van der Waals surface area contributed by atoms with Gasteiger partial charge in [0.25, 0.3) is 10.0 Å². The molecular weight excluding hydrogens is 567 g/mol. The Kier molecular flexibility index (Phi) is 7.02. The van der Waals surface area contributed by atoms with Crippen molar-refractivity contribution in [1.29, 1.82) is 0 Å². The highest BCUT2D eigenvalue weighted by Gasteiger charge is 2.23. The fraction of sp³-hybridized carbons (Fsp3) is 0.172. The highest BCUT2D eigenvalue weighted by atomic mass is 35.5. The molecule has 4 N–H and O–H groups in total. The van der Waals surface area contributed by atoms with Crippen LogP contribution in [0.4, 0.5) is 21.6 Å². The van der Waals surface area contributed by atoms with Crippen molar-refractivity contribution in [2.24, 2.45) is 0 Å². The lowest BCUT2D eigenvalue weighted by atomic mass is 10.0. The molecule has 0 unspecified atom stereocenters. The van der Waals surface area contributed by atoms with Crippen molar-refractivity contribution in [2.75, 3.05) is 29.0 Å². The van der Waals surface area contributed by atoms with Gasteiger partial charge >= 0.3 is 0 Å². The maximum atomic E-state index is 15.3. The van der Waals surface area contributed by atoms with Gasteiger partial charge in [0, 0.05) is 29.6 Å². The Balaban J connectivity index is 1.37. The number of anilines is 3. The number of nitrogen functional groups attached to an aromatic ring is 1. The number of nitrogens with zero attached hydrogens (tertiary/aromatic N) is 3. The molecule has 0 atom stereocenters. The maximum Gasteiger partial charge on any atom is 0.263 e. The number of hydrogen-bond donors (Lipinski definition) is 3. The van der Waals surface area contributed by atoms with Gasteiger partial charge in [-0.05, 0) is 48.9 Å². The minimum atomic E-state index is -4.11. The topological polar surface area (TPSA) is 124 Å². The molecule has 41 heavy (non-hydrogen) atoms. The summed E-state index contributed by atoms with van der Waals surface area (Å²) in [7, 11) is -4.11. The van der Waals surface area contributed by atoms with Crippen LogP contribution in [-0.4, -0.2) is 42.4 Å². The Bertz CT molecular complexity index is 1870. The van der Waals surface area contributed by atoms with E-state index in [0.29, 0.717) is 42.4 Å². The van der Waals surface area contributed by atoms with Gasteiger partial charge in [-0.15, -0.1) is 0 Å². The Morgan fingerprint density at radius 1 is 1.10 bits per heavy atom. The Morgan fingerprint density at radius 3 is 2.49 bits per heavy atom. The fourth-order valence-electron chi connectivity index (χ4n) is 4.79. The fourth-order valence-corrected chi connectivity index (χ4v) is 6.38. The molecule has 0 radical (unpaired) electrons. The summed E-state index contributed by atoms with van der Waals surface area (Å²) in [5, 5.41) is 8.80. The van der Waals surface area contributed by atoms with E-state index in [4.69, 9.17) is 27.2 Å². The van der Waals surface area contributed by atoms with Crippen LogP contribution in [0.25, 0.3) is 33.3 Å². The van der Waals surface area contributed by atoms with Gasteiger partial charge in [-0.2, -0.15) is 5.10 Å². The molecule has 12 heteroatoms. The number of pyridine rings is 1. The first-order chi connectivity index (χ1) is 19.7. The van der Waals surface area contributed by atoms with Gasteiger partial charge in [0.15, 0.2) is 0 Å². The van der Waals surface area contributed by atoms with E-state index in [1.54, 1.807) is 18.3 Å². The molecule has 0 aliphatic carbocycles. The molecule has 1 aliphatic heterocycles. The van der Waals surface area contributed by atoms with Crippen molar-refractivity contribution in [2.45, 2.75) is 24.4 Å². The van der Waals surface area contributed by atoms with Crippen LogP contribution in [0, 0.1) is 5.82 Å². The van der Waals surface area contributed by atoms with Gasteiger partial charge in [-0.25, -0.2) is 17.8 Å². The lowest BCUT2D eigenvalue weighted by Crippen LogP contribution is -2.40. The third kappa shape index (κ3) is 5.08. The van der Waals surface area contributed by atoms with Crippen LogP contribution < -0.4 is 15.8 Å². The van der Waals surface area contributed by atoms with Crippen LogP contribution in [0.1, 0.15) is 6.92 Å².